The summed E-state index contributed by atoms with van der Waals surface area (Å²) in [5.74, 6) is 0.148. The number of carbonyl (C=O) groups excluding carboxylic acids is 1. The SMILES string of the molecule is CC1(c2cccc(F)c2)CCC(=O)CC1. The molecule has 80 valence electrons. The summed E-state index contributed by atoms with van der Waals surface area (Å²) in [7, 11) is 0. The van der Waals surface area contributed by atoms with Crippen molar-refractivity contribution in [2.75, 3.05) is 0 Å². The summed E-state index contributed by atoms with van der Waals surface area (Å²) in [5, 5.41) is 0. The van der Waals surface area contributed by atoms with E-state index < -0.39 is 0 Å². The van der Waals surface area contributed by atoms with Gasteiger partial charge in [-0.2, -0.15) is 0 Å². The number of carbonyl (C=O) groups is 1. The molecule has 1 saturated carbocycles. The zero-order valence-corrected chi connectivity index (χ0v) is 8.92. The highest BCUT2D eigenvalue weighted by molar-refractivity contribution is 5.79. The number of hydrogen-bond acceptors (Lipinski definition) is 1. The Labute approximate surface area is 89.3 Å². The quantitative estimate of drug-likeness (QED) is 0.689. The Morgan fingerprint density at radius 2 is 1.93 bits per heavy atom. The summed E-state index contributed by atoms with van der Waals surface area (Å²) in [6.45, 7) is 2.12. The van der Waals surface area contributed by atoms with Crippen molar-refractivity contribution in [2.24, 2.45) is 0 Å². The molecule has 15 heavy (non-hydrogen) atoms. The van der Waals surface area contributed by atoms with E-state index in [0.29, 0.717) is 18.6 Å². The van der Waals surface area contributed by atoms with Crippen LogP contribution in [0.5, 0.6) is 0 Å². The number of ketones is 1. The van der Waals surface area contributed by atoms with Crippen molar-refractivity contribution in [1.82, 2.24) is 0 Å². The summed E-state index contributed by atoms with van der Waals surface area (Å²) < 4.78 is 13.1. The number of Topliss-reactive ketones (excluding diaryl/α,β-unsaturated/α-hetero) is 1. The molecule has 0 unspecified atom stereocenters. The van der Waals surface area contributed by atoms with Gasteiger partial charge < -0.3 is 0 Å². The minimum atomic E-state index is -0.189. The normalized spacial score (nSPS) is 20.3. The van der Waals surface area contributed by atoms with Gasteiger partial charge in [0, 0.05) is 12.8 Å². The van der Waals surface area contributed by atoms with E-state index in [1.807, 2.05) is 6.07 Å². The summed E-state index contributed by atoms with van der Waals surface area (Å²) in [5.41, 5.74) is 1.01. The largest absolute Gasteiger partial charge is 0.300 e. The van der Waals surface area contributed by atoms with Gasteiger partial charge in [-0.25, -0.2) is 4.39 Å². The van der Waals surface area contributed by atoms with E-state index in [9.17, 15) is 9.18 Å². The maximum atomic E-state index is 13.1. The molecule has 1 fully saturated rings. The molecule has 1 aromatic rings. The molecule has 2 rings (SSSR count). The second-order valence-electron chi connectivity index (χ2n) is 4.61. The number of hydrogen-bond donors (Lipinski definition) is 0. The van der Waals surface area contributed by atoms with Crippen LogP contribution in [0.25, 0.3) is 0 Å². The molecule has 0 bridgehead atoms. The Hall–Kier alpha value is -1.18. The minimum Gasteiger partial charge on any atom is -0.300 e. The Morgan fingerprint density at radius 1 is 1.27 bits per heavy atom. The molecule has 1 aliphatic rings. The molecule has 0 aromatic heterocycles. The first-order valence-corrected chi connectivity index (χ1v) is 5.38. The zero-order valence-electron chi connectivity index (χ0n) is 8.92. The van der Waals surface area contributed by atoms with Crippen molar-refractivity contribution < 1.29 is 9.18 Å². The molecule has 0 heterocycles. The molecule has 0 spiro atoms. The molecule has 0 saturated heterocycles. The zero-order chi connectivity index (χ0) is 10.9. The lowest BCUT2D eigenvalue weighted by atomic mass is 9.71. The predicted molar refractivity (Wildman–Crippen MR) is 57.2 cm³/mol. The van der Waals surface area contributed by atoms with E-state index in [4.69, 9.17) is 0 Å². The van der Waals surface area contributed by atoms with Crippen LogP contribution in [0.2, 0.25) is 0 Å². The molecular weight excluding hydrogens is 191 g/mol. The highest BCUT2D eigenvalue weighted by Gasteiger charge is 2.31. The van der Waals surface area contributed by atoms with Gasteiger partial charge in [0.25, 0.3) is 0 Å². The van der Waals surface area contributed by atoms with Gasteiger partial charge >= 0.3 is 0 Å². The average Bonchev–Trinajstić information content (AvgIpc) is 2.23. The third kappa shape index (κ3) is 2.09. The molecule has 0 N–H and O–H groups in total. The minimum absolute atomic E-state index is 0.0178. The van der Waals surface area contributed by atoms with Crippen LogP contribution in [0.1, 0.15) is 38.2 Å². The van der Waals surface area contributed by atoms with Crippen LogP contribution in [-0.2, 0) is 10.2 Å². The Balaban J connectivity index is 2.25. The first-order chi connectivity index (χ1) is 7.10. The van der Waals surface area contributed by atoms with Crippen LogP contribution in [0.15, 0.2) is 24.3 Å². The van der Waals surface area contributed by atoms with Gasteiger partial charge in [0.15, 0.2) is 0 Å². The van der Waals surface area contributed by atoms with Crippen LogP contribution in [-0.4, -0.2) is 5.78 Å². The summed E-state index contributed by atoms with van der Waals surface area (Å²) >= 11 is 0. The Bertz CT molecular complexity index is 374. The van der Waals surface area contributed by atoms with Gasteiger partial charge in [-0.3, -0.25) is 4.79 Å². The van der Waals surface area contributed by atoms with E-state index in [1.165, 1.54) is 6.07 Å². The van der Waals surface area contributed by atoms with Crippen molar-refractivity contribution in [1.29, 1.82) is 0 Å². The van der Waals surface area contributed by atoms with Crippen LogP contribution >= 0.6 is 0 Å². The van der Waals surface area contributed by atoms with Crippen LogP contribution in [0.4, 0.5) is 4.39 Å². The Kier molecular flexibility index (Phi) is 2.59. The van der Waals surface area contributed by atoms with Crippen LogP contribution < -0.4 is 0 Å². The second-order valence-corrected chi connectivity index (χ2v) is 4.61. The fourth-order valence-corrected chi connectivity index (χ4v) is 2.23. The van der Waals surface area contributed by atoms with Crippen LogP contribution in [0, 0.1) is 5.82 Å². The molecular formula is C13H15FO. The Morgan fingerprint density at radius 3 is 2.53 bits per heavy atom. The van der Waals surface area contributed by atoms with Gasteiger partial charge in [0.2, 0.25) is 0 Å². The van der Waals surface area contributed by atoms with Crippen LogP contribution in [0.3, 0.4) is 0 Å². The molecule has 1 aliphatic carbocycles. The molecule has 0 atom stereocenters. The van der Waals surface area contributed by atoms with E-state index in [2.05, 4.69) is 6.92 Å². The van der Waals surface area contributed by atoms with Gasteiger partial charge in [0.1, 0.15) is 11.6 Å². The smallest absolute Gasteiger partial charge is 0.132 e. The third-order valence-electron chi connectivity index (χ3n) is 3.43. The van der Waals surface area contributed by atoms with Crippen molar-refractivity contribution in [3.05, 3.63) is 35.6 Å². The topological polar surface area (TPSA) is 17.1 Å². The van der Waals surface area contributed by atoms with E-state index in [-0.39, 0.29) is 11.2 Å². The van der Waals surface area contributed by atoms with E-state index >= 15 is 0 Å². The van der Waals surface area contributed by atoms with Gasteiger partial charge in [0.05, 0.1) is 0 Å². The molecule has 1 nitrogen and oxygen atoms in total. The summed E-state index contributed by atoms with van der Waals surface area (Å²) in [4.78, 5) is 11.2. The highest BCUT2D eigenvalue weighted by Crippen LogP contribution is 2.37. The van der Waals surface area contributed by atoms with Crippen molar-refractivity contribution in [3.8, 4) is 0 Å². The fraction of sp³-hybridized carbons (Fsp3) is 0.462. The number of halogens is 1. The fourth-order valence-electron chi connectivity index (χ4n) is 2.23. The molecule has 0 aliphatic heterocycles. The molecule has 2 heteroatoms. The van der Waals surface area contributed by atoms with E-state index in [1.54, 1.807) is 12.1 Å². The van der Waals surface area contributed by atoms with Gasteiger partial charge in [-0.15, -0.1) is 0 Å². The number of benzene rings is 1. The maximum absolute atomic E-state index is 13.1. The monoisotopic (exact) mass is 206 g/mol. The third-order valence-corrected chi connectivity index (χ3v) is 3.43. The number of rotatable bonds is 1. The summed E-state index contributed by atoms with van der Waals surface area (Å²) in [6.07, 6.45) is 2.95. The van der Waals surface area contributed by atoms with E-state index in [0.717, 1.165) is 18.4 Å². The van der Waals surface area contributed by atoms with Gasteiger partial charge in [-0.05, 0) is 36.0 Å². The summed E-state index contributed by atoms with van der Waals surface area (Å²) in [6, 6.07) is 6.75. The second kappa shape index (κ2) is 3.76. The van der Waals surface area contributed by atoms with Crippen molar-refractivity contribution in [3.63, 3.8) is 0 Å². The predicted octanol–water partition coefficient (Wildman–Crippen LogP) is 3.23. The van der Waals surface area contributed by atoms with Crippen molar-refractivity contribution in [2.45, 2.75) is 38.0 Å². The lowest BCUT2D eigenvalue weighted by molar-refractivity contribution is -0.121. The highest BCUT2D eigenvalue weighted by atomic mass is 19.1. The first-order valence-electron chi connectivity index (χ1n) is 5.38. The van der Waals surface area contributed by atoms with Crippen molar-refractivity contribution >= 4 is 5.78 Å². The molecule has 0 radical (unpaired) electrons. The maximum Gasteiger partial charge on any atom is 0.132 e. The van der Waals surface area contributed by atoms with Gasteiger partial charge in [-0.1, -0.05) is 19.1 Å². The molecule has 1 aromatic carbocycles. The lowest BCUT2D eigenvalue weighted by Gasteiger charge is -2.33. The lowest BCUT2D eigenvalue weighted by Crippen LogP contribution is -2.28. The average molecular weight is 206 g/mol. The standard InChI is InChI=1S/C13H15FO/c1-13(7-5-12(15)6-8-13)10-3-2-4-11(14)9-10/h2-4,9H,5-8H2,1H3. The molecule has 0 amide bonds. The first kappa shape index (κ1) is 10.3.